The minimum atomic E-state index is -4.81. The molecule has 13 heavy (non-hydrogen) atoms. The number of rotatable bonds is 1. The molecule has 3 nitrogen and oxygen atoms in total. The maximum absolute atomic E-state index is 12.6. The zero-order valence-electron chi connectivity index (χ0n) is 5.66. The van der Waals surface area contributed by atoms with Gasteiger partial charge >= 0.3 is 29.6 Å². The first kappa shape index (κ1) is 13.0. The Kier molecular flexibility index (Phi) is 4.47. The summed E-state index contributed by atoms with van der Waals surface area (Å²) >= 11 is 0. The molecule has 0 fully saturated rings. The Balaban J connectivity index is 0.00000144. The molecule has 0 atom stereocenters. The Bertz CT molecular complexity index is 384. The Morgan fingerprint density at radius 2 is 1.54 bits per heavy atom. The van der Waals surface area contributed by atoms with Crippen LogP contribution in [0.25, 0.3) is 0 Å². The van der Waals surface area contributed by atoms with Gasteiger partial charge in [0.25, 0.3) is 10.1 Å². The van der Waals surface area contributed by atoms with Crippen LogP contribution in [0.5, 0.6) is 0 Å². The second-order valence-electron chi connectivity index (χ2n) is 2.03. The average Bonchev–Trinajstić information content (AvgIpc) is 1.82. The van der Waals surface area contributed by atoms with Crippen molar-refractivity contribution in [3.63, 3.8) is 0 Å². The van der Waals surface area contributed by atoms with Gasteiger partial charge in [0.1, 0.15) is 11.6 Å². The Morgan fingerprint density at radius 3 is 1.77 bits per heavy atom. The Morgan fingerprint density at radius 1 is 1.15 bits per heavy atom. The van der Waals surface area contributed by atoms with Crippen LogP contribution < -0.4 is 0 Å². The first-order chi connectivity index (χ1) is 5.43. The molecule has 0 saturated carbocycles. The van der Waals surface area contributed by atoms with Crippen molar-refractivity contribution >= 4 is 39.7 Å². The zero-order chi connectivity index (χ0) is 9.35. The number of hydrogen-bond acceptors (Lipinski definition) is 2. The van der Waals surface area contributed by atoms with Gasteiger partial charge in [-0.3, -0.25) is 4.55 Å². The van der Waals surface area contributed by atoms with Gasteiger partial charge in [-0.25, -0.2) is 8.78 Å². The molecule has 0 radical (unpaired) electrons. The molecule has 1 aromatic carbocycles. The van der Waals surface area contributed by atoms with Gasteiger partial charge in [0.15, 0.2) is 4.90 Å². The summed E-state index contributed by atoms with van der Waals surface area (Å²) in [6.45, 7) is 0. The van der Waals surface area contributed by atoms with Crippen LogP contribution >= 0.6 is 0 Å². The molecule has 0 heterocycles. The van der Waals surface area contributed by atoms with E-state index in [1.165, 1.54) is 0 Å². The summed E-state index contributed by atoms with van der Waals surface area (Å²) in [5, 5.41) is 0. The number of hydrogen-bond donors (Lipinski definition) is 1. The van der Waals surface area contributed by atoms with Crippen molar-refractivity contribution in [2.24, 2.45) is 0 Å². The average molecular weight is 218 g/mol. The van der Waals surface area contributed by atoms with E-state index < -0.39 is 26.6 Å². The molecule has 0 bridgehead atoms. The molecule has 68 valence electrons. The van der Waals surface area contributed by atoms with Gasteiger partial charge in [-0.2, -0.15) is 8.42 Å². The summed E-state index contributed by atoms with van der Waals surface area (Å²) < 4.78 is 54.2. The van der Waals surface area contributed by atoms with E-state index in [4.69, 9.17) is 4.55 Å². The molecule has 0 aliphatic heterocycles. The summed E-state index contributed by atoms with van der Waals surface area (Å²) in [7, 11) is -4.81. The standard InChI is InChI=1S/C6H4F2O3S.Na.H/c7-4-2-1-3-5(8)6(4)12(9,10)11;;/h1-3H,(H,9,10,11);;. The second-order valence-corrected chi connectivity index (χ2v) is 3.38. The molecule has 0 spiro atoms. The van der Waals surface area contributed by atoms with E-state index in [1.807, 2.05) is 0 Å². The minimum absolute atomic E-state index is 0. The van der Waals surface area contributed by atoms with Gasteiger partial charge in [-0.1, -0.05) is 6.07 Å². The van der Waals surface area contributed by atoms with E-state index in [9.17, 15) is 17.2 Å². The monoisotopic (exact) mass is 218 g/mol. The van der Waals surface area contributed by atoms with Gasteiger partial charge < -0.3 is 0 Å². The van der Waals surface area contributed by atoms with Gasteiger partial charge in [0, 0.05) is 0 Å². The van der Waals surface area contributed by atoms with Crippen LogP contribution in [0, 0.1) is 11.6 Å². The van der Waals surface area contributed by atoms with E-state index >= 15 is 0 Å². The van der Waals surface area contributed by atoms with Crippen LogP contribution in [0.15, 0.2) is 23.1 Å². The fourth-order valence-electron chi connectivity index (χ4n) is 0.729. The summed E-state index contributed by atoms with van der Waals surface area (Å²) in [5.41, 5.74) is 0. The van der Waals surface area contributed by atoms with E-state index in [0.29, 0.717) is 0 Å². The fourth-order valence-corrected chi connectivity index (χ4v) is 1.36. The molecule has 0 amide bonds. The van der Waals surface area contributed by atoms with Gasteiger partial charge in [-0.05, 0) is 12.1 Å². The third-order valence-electron chi connectivity index (χ3n) is 1.18. The molecule has 0 saturated heterocycles. The third kappa shape index (κ3) is 2.99. The van der Waals surface area contributed by atoms with Crippen LogP contribution in [0.4, 0.5) is 8.78 Å². The van der Waals surface area contributed by atoms with Crippen molar-refractivity contribution in [3.8, 4) is 0 Å². The second kappa shape index (κ2) is 4.47. The van der Waals surface area contributed by atoms with Crippen LogP contribution in [0.1, 0.15) is 0 Å². The quantitative estimate of drug-likeness (QED) is 0.553. The Labute approximate surface area is 95.8 Å². The van der Waals surface area contributed by atoms with Crippen molar-refractivity contribution in [1.29, 1.82) is 0 Å². The van der Waals surface area contributed by atoms with Crippen LogP contribution in [0.2, 0.25) is 0 Å². The molecule has 0 aromatic heterocycles. The molecule has 7 heteroatoms. The molecular formula is C6H5F2NaO3S. The summed E-state index contributed by atoms with van der Waals surface area (Å²) in [4.78, 5) is -1.31. The van der Waals surface area contributed by atoms with Crippen molar-refractivity contribution in [3.05, 3.63) is 29.8 Å². The fraction of sp³-hybridized carbons (Fsp3) is 0. The van der Waals surface area contributed by atoms with Crippen LogP contribution in [-0.4, -0.2) is 42.5 Å². The predicted octanol–water partition coefficient (Wildman–Crippen LogP) is 0.563. The topological polar surface area (TPSA) is 54.4 Å². The summed E-state index contributed by atoms with van der Waals surface area (Å²) in [5.74, 6) is -2.62. The van der Waals surface area contributed by atoms with Crippen molar-refractivity contribution in [2.45, 2.75) is 4.90 Å². The van der Waals surface area contributed by atoms with Crippen LogP contribution in [0.3, 0.4) is 0 Å². The van der Waals surface area contributed by atoms with Gasteiger partial charge in [0.05, 0.1) is 0 Å². The first-order valence-corrected chi connectivity index (χ1v) is 4.28. The van der Waals surface area contributed by atoms with Gasteiger partial charge in [0.2, 0.25) is 0 Å². The number of halogens is 2. The maximum atomic E-state index is 12.6. The van der Waals surface area contributed by atoms with Crippen LogP contribution in [-0.2, 0) is 10.1 Å². The van der Waals surface area contributed by atoms with E-state index in [0.717, 1.165) is 18.2 Å². The number of benzene rings is 1. The molecule has 0 aliphatic carbocycles. The first-order valence-electron chi connectivity index (χ1n) is 2.84. The molecule has 0 aliphatic rings. The van der Waals surface area contributed by atoms with Crippen molar-refractivity contribution < 1.29 is 21.8 Å². The molecule has 0 unspecified atom stereocenters. The van der Waals surface area contributed by atoms with E-state index in [-0.39, 0.29) is 29.6 Å². The molecule has 1 aromatic rings. The van der Waals surface area contributed by atoms with Crippen molar-refractivity contribution in [1.82, 2.24) is 0 Å². The molecule has 1 rings (SSSR count). The molecule has 1 N–H and O–H groups in total. The summed E-state index contributed by atoms with van der Waals surface area (Å²) in [6, 6.07) is 2.48. The van der Waals surface area contributed by atoms with E-state index in [1.54, 1.807) is 0 Å². The third-order valence-corrected chi connectivity index (χ3v) is 2.08. The van der Waals surface area contributed by atoms with E-state index in [2.05, 4.69) is 0 Å². The SMILES string of the molecule is O=S(=O)(O)c1c(F)cccc1F.[NaH]. The summed E-state index contributed by atoms with van der Waals surface area (Å²) in [6.07, 6.45) is 0. The Hall–Kier alpha value is -0.0100. The van der Waals surface area contributed by atoms with Crippen molar-refractivity contribution in [2.75, 3.05) is 0 Å². The molecular weight excluding hydrogens is 213 g/mol. The normalized spacial score (nSPS) is 10.7. The predicted molar refractivity (Wildman–Crippen MR) is 43.3 cm³/mol. The van der Waals surface area contributed by atoms with Gasteiger partial charge in [-0.15, -0.1) is 0 Å². The zero-order valence-corrected chi connectivity index (χ0v) is 6.48.